The molecule has 0 radical (unpaired) electrons. The number of hydrogen-bond donors (Lipinski definition) is 1. The van der Waals surface area contributed by atoms with E-state index in [4.69, 9.17) is 9.72 Å². The van der Waals surface area contributed by atoms with Gasteiger partial charge in [-0.15, -0.1) is 11.3 Å². The number of aryl methyl sites for hydroxylation is 1. The molecule has 2 aromatic heterocycles. The van der Waals surface area contributed by atoms with Gasteiger partial charge in [-0.3, -0.25) is 4.79 Å². The first-order valence-corrected chi connectivity index (χ1v) is 13.9. The van der Waals surface area contributed by atoms with Crippen molar-refractivity contribution < 1.29 is 14.3 Å². The predicted molar refractivity (Wildman–Crippen MR) is 151 cm³/mol. The number of carbonyl (C=O) groups is 2. The molecule has 2 aromatic carbocycles. The van der Waals surface area contributed by atoms with Crippen LogP contribution < -0.4 is 5.32 Å². The number of nitrogens with one attached hydrogen (secondary N) is 1. The number of rotatable bonds is 7. The first-order chi connectivity index (χ1) is 18.0. The minimum atomic E-state index is -0.364. The van der Waals surface area contributed by atoms with Gasteiger partial charge in [-0.2, -0.15) is 0 Å². The van der Waals surface area contributed by atoms with Gasteiger partial charge >= 0.3 is 5.97 Å². The average Bonchev–Trinajstić information content (AvgIpc) is 3.25. The zero-order valence-corrected chi connectivity index (χ0v) is 22.4. The quantitative estimate of drug-likeness (QED) is 0.261. The Morgan fingerprint density at radius 3 is 2.65 bits per heavy atom. The Hall–Kier alpha value is -3.51. The molecule has 1 aliphatic rings. The highest BCUT2D eigenvalue weighted by atomic mass is 32.1. The molecule has 1 amide bonds. The van der Waals surface area contributed by atoms with E-state index in [1.807, 2.05) is 30.3 Å². The second kappa shape index (κ2) is 10.9. The number of aromatic nitrogens is 1. The number of fused-ring (bicyclic) bond motifs is 2. The molecule has 2 heterocycles. The van der Waals surface area contributed by atoms with Crippen LogP contribution in [0.3, 0.4) is 0 Å². The fourth-order valence-electron chi connectivity index (χ4n) is 5.07. The van der Waals surface area contributed by atoms with Gasteiger partial charge in [-0.05, 0) is 61.8 Å². The number of hydrogen-bond acceptors (Lipinski definition) is 5. The summed E-state index contributed by atoms with van der Waals surface area (Å²) in [5.74, 6) is -0.0582. The number of esters is 1. The Bertz CT molecular complexity index is 1460. The molecule has 0 saturated carbocycles. The number of carbonyl (C=O) groups excluding carboxylic acids is 2. The van der Waals surface area contributed by atoms with Crippen LogP contribution in [0.2, 0.25) is 0 Å². The maximum Gasteiger partial charge on any atom is 0.341 e. The molecule has 0 unspecified atom stereocenters. The fourth-order valence-corrected chi connectivity index (χ4v) is 6.46. The summed E-state index contributed by atoms with van der Waals surface area (Å²) in [5.41, 5.74) is 5.84. The molecule has 1 N–H and O–H groups in total. The molecule has 0 spiro atoms. The van der Waals surface area contributed by atoms with Crippen LogP contribution >= 0.6 is 11.3 Å². The largest absolute Gasteiger partial charge is 0.462 e. The molecule has 6 heteroatoms. The monoisotopic (exact) mass is 512 g/mol. The summed E-state index contributed by atoms with van der Waals surface area (Å²) in [6.45, 7) is 6.49. The van der Waals surface area contributed by atoms with Crippen LogP contribution in [-0.4, -0.2) is 23.5 Å². The maximum absolute atomic E-state index is 13.8. The molecule has 4 aromatic rings. The van der Waals surface area contributed by atoms with Crippen molar-refractivity contribution in [2.75, 3.05) is 11.9 Å². The lowest BCUT2D eigenvalue weighted by atomic mass is 9.88. The summed E-state index contributed by atoms with van der Waals surface area (Å²) in [5, 5.41) is 4.44. The first kappa shape index (κ1) is 25.2. The van der Waals surface area contributed by atoms with Crippen LogP contribution in [-0.2, 0) is 24.0 Å². The Morgan fingerprint density at radius 2 is 1.89 bits per heavy atom. The van der Waals surface area contributed by atoms with E-state index in [0.29, 0.717) is 28.7 Å². The predicted octanol–water partition coefficient (Wildman–Crippen LogP) is 7.47. The summed E-state index contributed by atoms with van der Waals surface area (Å²) < 4.78 is 5.39. The van der Waals surface area contributed by atoms with Gasteiger partial charge in [0.25, 0.3) is 5.91 Å². The van der Waals surface area contributed by atoms with Crippen LogP contribution in [0.4, 0.5) is 5.00 Å². The van der Waals surface area contributed by atoms with Crippen molar-refractivity contribution in [2.45, 2.75) is 52.9 Å². The highest BCUT2D eigenvalue weighted by Crippen LogP contribution is 2.40. The van der Waals surface area contributed by atoms with E-state index < -0.39 is 0 Å². The second-order valence-corrected chi connectivity index (χ2v) is 10.9. The van der Waals surface area contributed by atoms with E-state index in [0.717, 1.165) is 59.8 Å². The lowest BCUT2D eigenvalue weighted by Crippen LogP contribution is -2.17. The Balaban J connectivity index is 1.54. The summed E-state index contributed by atoms with van der Waals surface area (Å²) in [6, 6.07) is 17.9. The molecule has 5 rings (SSSR count). The van der Waals surface area contributed by atoms with Crippen LogP contribution in [0.5, 0.6) is 0 Å². The van der Waals surface area contributed by atoms with Crippen LogP contribution in [0.25, 0.3) is 22.2 Å². The van der Waals surface area contributed by atoms with Crippen molar-refractivity contribution in [1.82, 2.24) is 4.98 Å². The smallest absolute Gasteiger partial charge is 0.341 e. The van der Waals surface area contributed by atoms with E-state index in [-0.39, 0.29) is 11.9 Å². The van der Waals surface area contributed by atoms with Crippen LogP contribution in [0, 0.1) is 5.92 Å². The molecule has 0 fully saturated rings. The molecule has 0 bridgehead atoms. The molecule has 0 saturated heterocycles. The number of amides is 1. The van der Waals surface area contributed by atoms with E-state index in [9.17, 15) is 9.59 Å². The Labute approximate surface area is 221 Å². The highest BCUT2D eigenvalue weighted by Gasteiger charge is 2.29. The maximum atomic E-state index is 13.8. The lowest BCUT2D eigenvalue weighted by Gasteiger charge is -2.18. The van der Waals surface area contributed by atoms with Gasteiger partial charge < -0.3 is 10.1 Å². The minimum absolute atomic E-state index is 0.250. The Morgan fingerprint density at radius 1 is 1.11 bits per heavy atom. The number of benzene rings is 2. The molecule has 1 aliphatic carbocycles. The third-order valence-electron chi connectivity index (χ3n) is 6.97. The Kier molecular flexibility index (Phi) is 7.38. The van der Waals surface area contributed by atoms with Gasteiger partial charge in [-0.1, -0.05) is 62.7 Å². The number of thiophene rings is 1. The fraction of sp³-hybridized carbons (Fsp3) is 0.323. The van der Waals surface area contributed by atoms with Crippen molar-refractivity contribution in [1.29, 1.82) is 0 Å². The normalized spacial score (nSPS) is 14.8. The average molecular weight is 513 g/mol. The summed E-state index contributed by atoms with van der Waals surface area (Å²) >= 11 is 1.51. The van der Waals surface area contributed by atoms with Crippen molar-refractivity contribution in [2.24, 2.45) is 5.92 Å². The third-order valence-corrected chi connectivity index (χ3v) is 8.14. The van der Waals surface area contributed by atoms with Crippen LogP contribution in [0.1, 0.15) is 70.3 Å². The molecule has 1 atom stereocenters. The molecule has 190 valence electrons. The lowest BCUT2D eigenvalue weighted by molar-refractivity contribution is 0.0526. The highest BCUT2D eigenvalue weighted by molar-refractivity contribution is 7.17. The molecular formula is C31H32N2O3S. The molecular weight excluding hydrogens is 480 g/mol. The topological polar surface area (TPSA) is 68.3 Å². The van der Waals surface area contributed by atoms with E-state index >= 15 is 0 Å². The van der Waals surface area contributed by atoms with Gasteiger partial charge in [0.05, 0.1) is 28.9 Å². The van der Waals surface area contributed by atoms with E-state index in [1.165, 1.54) is 21.8 Å². The van der Waals surface area contributed by atoms with E-state index in [2.05, 4.69) is 43.4 Å². The second-order valence-electron chi connectivity index (χ2n) is 9.75. The number of pyridine rings is 1. The standard InChI is InChI=1S/C31H32N2O3S/c1-4-8-20-12-14-21(15-13-20)26-18-24(22-9-6-7-10-25(22)32-26)29(34)33-30-28(31(35)36-5-2)23-16-11-19(3)17-27(23)37-30/h6-7,9-10,12-15,18-19H,4-5,8,11,16-17H2,1-3H3,(H,33,34)/t19-/m0/s1. The van der Waals surface area contributed by atoms with Gasteiger partial charge in [0.1, 0.15) is 5.00 Å². The van der Waals surface area contributed by atoms with Gasteiger partial charge in [0, 0.05) is 15.8 Å². The number of ether oxygens (including phenoxy) is 1. The van der Waals surface area contributed by atoms with Gasteiger partial charge in [-0.25, -0.2) is 9.78 Å². The summed E-state index contributed by atoms with van der Waals surface area (Å²) in [7, 11) is 0. The van der Waals surface area contributed by atoms with Crippen LogP contribution in [0.15, 0.2) is 54.6 Å². The van der Waals surface area contributed by atoms with Gasteiger partial charge in [0.2, 0.25) is 0 Å². The van der Waals surface area contributed by atoms with Crippen molar-refractivity contribution in [3.8, 4) is 11.3 Å². The zero-order valence-electron chi connectivity index (χ0n) is 21.6. The molecule has 5 nitrogen and oxygen atoms in total. The molecule has 0 aliphatic heterocycles. The SMILES string of the molecule is CCCc1ccc(-c2cc(C(=O)Nc3sc4c(c3C(=O)OCC)CC[C@H](C)C4)c3ccccc3n2)cc1. The summed E-state index contributed by atoms with van der Waals surface area (Å²) in [6.07, 6.45) is 4.90. The number of para-hydroxylation sites is 1. The van der Waals surface area contributed by atoms with Crippen molar-refractivity contribution in [3.63, 3.8) is 0 Å². The third kappa shape index (κ3) is 5.16. The van der Waals surface area contributed by atoms with E-state index in [1.54, 1.807) is 6.92 Å². The first-order valence-electron chi connectivity index (χ1n) is 13.1. The molecule has 37 heavy (non-hydrogen) atoms. The van der Waals surface area contributed by atoms with Gasteiger partial charge in [0.15, 0.2) is 0 Å². The number of anilines is 1. The van der Waals surface area contributed by atoms with Crippen molar-refractivity contribution >= 4 is 39.1 Å². The zero-order chi connectivity index (χ0) is 25.9. The minimum Gasteiger partial charge on any atom is -0.462 e. The van der Waals surface area contributed by atoms with Crippen molar-refractivity contribution in [3.05, 3.63) is 81.7 Å². The number of nitrogens with zero attached hydrogens (tertiary/aromatic N) is 1. The summed E-state index contributed by atoms with van der Waals surface area (Å²) in [4.78, 5) is 32.7.